The zero-order valence-electron chi connectivity index (χ0n) is 14.9. The molecule has 1 aliphatic heterocycles. The summed E-state index contributed by atoms with van der Waals surface area (Å²) in [7, 11) is 0. The van der Waals surface area contributed by atoms with Crippen molar-refractivity contribution in [2.24, 2.45) is 0 Å². The van der Waals surface area contributed by atoms with Crippen LogP contribution in [0.4, 0.5) is 13.2 Å². The number of rotatable bonds is 3. The normalized spacial score (nSPS) is 15.9. The molecule has 4 rings (SSSR count). The summed E-state index contributed by atoms with van der Waals surface area (Å²) in [6, 6.07) is 13.8. The number of fused-ring (bicyclic) bond motifs is 1. The second-order valence-corrected chi connectivity index (χ2v) is 6.91. The van der Waals surface area contributed by atoms with Gasteiger partial charge in [0.25, 0.3) is 0 Å². The summed E-state index contributed by atoms with van der Waals surface area (Å²) >= 11 is 0. The van der Waals surface area contributed by atoms with E-state index in [1.807, 2.05) is 42.5 Å². The first-order valence-electron chi connectivity index (χ1n) is 9.07. The van der Waals surface area contributed by atoms with Gasteiger partial charge in [-0.3, -0.25) is 4.79 Å². The molecule has 0 N–H and O–H groups in total. The molecule has 0 radical (unpaired) electrons. The van der Waals surface area contributed by atoms with Gasteiger partial charge in [0, 0.05) is 19.0 Å². The highest BCUT2D eigenvalue weighted by atomic mass is 19.4. The van der Waals surface area contributed by atoms with Crippen molar-refractivity contribution in [2.75, 3.05) is 13.1 Å². The Labute approximate surface area is 159 Å². The minimum Gasteiger partial charge on any atom is -0.417 e. The van der Waals surface area contributed by atoms with E-state index in [9.17, 15) is 18.0 Å². The van der Waals surface area contributed by atoms with Gasteiger partial charge >= 0.3 is 12.1 Å². The van der Waals surface area contributed by atoms with Crippen molar-refractivity contribution < 1.29 is 22.4 Å². The molecule has 1 saturated heterocycles. The SMILES string of the molecule is O=C(Cc1cccc2ccccc12)N1CCC(c2nnc(C(F)(F)F)o2)CC1. The fourth-order valence-corrected chi connectivity index (χ4v) is 3.61. The Kier molecular flexibility index (Phi) is 4.78. The number of hydrogen-bond acceptors (Lipinski definition) is 4. The van der Waals surface area contributed by atoms with Crippen molar-refractivity contribution in [1.82, 2.24) is 15.1 Å². The lowest BCUT2D eigenvalue weighted by molar-refractivity contribution is -0.157. The molecular formula is C20H18F3N3O2. The van der Waals surface area contributed by atoms with Gasteiger partial charge in [-0.15, -0.1) is 10.2 Å². The van der Waals surface area contributed by atoms with Crippen LogP contribution in [0.25, 0.3) is 10.8 Å². The van der Waals surface area contributed by atoms with E-state index < -0.39 is 12.1 Å². The molecular weight excluding hydrogens is 371 g/mol. The number of alkyl halides is 3. The van der Waals surface area contributed by atoms with E-state index in [-0.39, 0.29) is 17.7 Å². The Morgan fingerprint density at radius 3 is 2.50 bits per heavy atom. The molecule has 1 aromatic heterocycles. The maximum atomic E-state index is 12.7. The van der Waals surface area contributed by atoms with Gasteiger partial charge in [0.05, 0.1) is 6.42 Å². The first kappa shape index (κ1) is 18.5. The molecule has 2 aromatic carbocycles. The summed E-state index contributed by atoms with van der Waals surface area (Å²) in [5, 5.41) is 8.76. The average Bonchev–Trinajstić information content (AvgIpc) is 3.19. The molecule has 0 aliphatic carbocycles. The molecule has 1 fully saturated rings. The molecule has 0 saturated carbocycles. The lowest BCUT2D eigenvalue weighted by Gasteiger charge is -2.30. The summed E-state index contributed by atoms with van der Waals surface area (Å²) in [5.74, 6) is -1.58. The van der Waals surface area contributed by atoms with Crippen molar-refractivity contribution in [3.05, 3.63) is 59.8 Å². The number of likely N-dealkylation sites (tertiary alicyclic amines) is 1. The van der Waals surface area contributed by atoms with Crippen LogP contribution in [0, 0.1) is 0 Å². The van der Waals surface area contributed by atoms with Crippen LogP contribution in [0.15, 0.2) is 46.9 Å². The number of aromatic nitrogens is 2. The van der Waals surface area contributed by atoms with Gasteiger partial charge in [0.15, 0.2) is 0 Å². The lowest BCUT2D eigenvalue weighted by Crippen LogP contribution is -2.38. The number of halogens is 3. The molecule has 0 spiro atoms. The standard InChI is InChI=1S/C20H18F3N3O2/c21-20(22,23)19-25-24-18(28-19)14-8-10-26(11-9-14)17(27)12-15-6-3-5-13-4-1-2-7-16(13)15/h1-7,14H,8-12H2. The van der Waals surface area contributed by atoms with Gasteiger partial charge in [0.2, 0.25) is 11.8 Å². The number of carbonyl (C=O) groups is 1. The van der Waals surface area contributed by atoms with Gasteiger partial charge in [-0.25, -0.2) is 0 Å². The summed E-state index contributed by atoms with van der Waals surface area (Å²) in [5.41, 5.74) is 0.969. The zero-order valence-corrected chi connectivity index (χ0v) is 14.9. The maximum Gasteiger partial charge on any atom is 0.470 e. The molecule has 1 amide bonds. The van der Waals surface area contributed by atoms with Crippen molar-refractivity contribution in [3.63, 3.8) is 0 Å². The van der Waals surface area contributed by atoms with Crippen molar-refractivity contribution in [3.8, 4) is 0 Å². The predicted molar refractivity (Wildman–Crippen MR) is 95.5 cm³/mol. The molecule has 0 bridgehead atoms. The van der Waals surface area contributed by atoms with Gasteiger partial charge in [-0.2, -0.15) is 13.2 Å². The fourth-order valence-electron chi connectivity index (χ4n) is 3.61. The summed E-state index contributed by atoms with van der Waals surface area (Å²) in [6.45, 7) is 0.913. The molecule has 0 unspecified atom stereocenters. The van der Waals surface area contributed by atoms with Crippen LogP contribution in [0.1, 0.15) is 36.1 Å². The third-order valence-electron chi connectivity index (χ3n) is 5.10. The number of benzene rings is 2. The second-order valence-electron chi connectivity index (χ2n) is 6.91. The lowest BCUT2D eigenvalue weighted by atomic mass is 9.96. The Morgan fingerprint density at radius 2 is 1.79 bits per heavy atom. The van der Waals surface area contributed by atoms with E-state index in [1.54, 1.807) is 4.90 Å². The van der Waals surface area contributed by atoms with Crippen molar-refractivity contribution in [2.45, 2.75) is 31.4 Å². The van der Waals surface area contributed by atoms with E-state index in [0.717, 1.165) is 16.3 Å². The molecule has 146 valence electrons. The molecule has 8 heteroatoms. The quantitative estimate of drug-likeness (QED) is 0.674. The topological polar surface area (TPSA) is 59.2 Å². The number of nitrogens with zero attached hydrogens (tertiary/aromatic N) is 3. The highest BCUT2D eigenvalue weighted by Gasteiger charge is 2.39. The van der Waals surface area contributed by atoms with E-state index in [0.29, 0.717) is 32.4 Å². The number of carbonyl (C=O) groups excluding carboxylic acids is 1. The Hall–Kier alpha value is -2.90. The molecule has 0 atom stereocenters. The fraction of sp³-hybridized carbons (Fsp3) is 0.350. The van der Waals surface area contributed by atoms with Crippen LogP contribution in [-0.4, -0.2) is 34.1 Å². The van der Waals surface area contributed by atoms with E-state index in [2.05, 4.69) is 10.2 Å². The third kappa shape index (κ3) is 3.72. The Morgan fingerprint density at radius 1 is 1.07 bits per heavy atom. The van der Waals surface area contributed by atoms with Crippen molar-refractivity contribution in [1.29, 1.82) is 0 Å². The van der Waals surface area contributed by atoms with Gasteiger partial charge in [-0.1, -0.05) is 42.5 Å². The minimum atomic E-state index is -4.64. The van der Waals surface area contributed by atoms with Crippen LogP contribution in [-0.2, 0) is 17.4 Å². The number of piperidine rings is 1. The van der Waals surface area contributed by atoms with Crippen LogP contribution >= 0.6 is 0 Å². The first-order valence-corrected chi connectivity index (χ1v) is 9.07. The monoisotopic (exact) mass is 389 g/mol. The smallest absolute Gasteiger partial charge is 0.417 e. The summed E-state index contributed by atoms with van der Waals surface area (Å²) in [6.07, 6.45) is -3.34. The Bertz CT molecular complexity index is 986. The molecule has 1 aliphatic rings. The maximum absolute atomic E-state index is 12.7. The van der Waals surface area contributed by atoms with Crippen LogP contribution in [0.2, 0.25) is 0 Å². The van der Waals surface area contributed by atoms with Crippen molar-refractivity contribution >= 4 is 16.7 Å². The predicted octanol–water partition coefficient (Wildman–Crippen LogP) is 4.19. The molecule has 2 heterocycles. The zero-order chi connectivity index (χ0) is 19.7. The van der Waals surface area contributed by atoms with E-state index in [4.69, 9.17) is 4.42 Å². The minimum absolute atomic E-state index is 0.00604. The van der Waals surface area contributed by atoms with E-state index >= 15 is 0 Å². The van der Waals surface area contributed by atoms with E-state index in [1.165, 1.54) is 0 Å². The highest BCUT2D eigenvalue weighted by Crippen LogP contribution is 2.32. The third-order valence-corrected chi connectivity index (χ3v) is 5.10. The van der Waals surface area contributed by atoms with Crippen LogP contribution < -0.4 is 0 Å². The van der Waals surface area contributed by atoms with Crippen LogP contribution in [0.5, 0.6) is 0 Å². The summed E-state index contributed by atoms with van der Waals surface area (Å²) in [4.78, 5) is 14.5. The second kappa shape index (κ2) is 7.26. The molecule has 28 heavy (non-hydrogen) atoms. The van der Waals surface area contributed by atoms with Gasteiger partial charge < -0.3 is 9.32 Å². The summed E-state index contributed by atoms with van der Waals surface area (Å²) < 4.78 is 42.6. The molecule has 3 aromatic rings. The van der Waals surface area contributed by atoms with Gasteiger partial charge in [-0.05, 0) is 29.2 Å². The molecule has 5 nitrogen and oxygen atoms in total. The number of amides is 1. The first-order chi connectivity index (χ1) is 13.4. The Balaban J connectivity index is 1.39. The highest BCUT2D eigenvalue weighted by molar-refractivity contribution is 5.90. The number of hydrogen-bond donors (Lipinski definition) is 0. The largest absolute Gasteiger partial charge is 0.470 e. The van der Waals surface area contributed by atoms with Crippen LogP contribution in [0.3, 0.4) is 0 Å². The average molecular weight is 389 g/mol. The van der Waals surface area contributed by atoms with Gasteiger partial charge in [0.1, 0.15) is 0 Å².